The molecule has 0 aliphatic carbocycles. The minimum Gasteiger partial charge on any atom is -0.395 e. The molecule has 21 heavy (non-hydrogen) atoms. The van der Waals surface area contributed by atoms with E-state index in [4.69, 9.17) is 16.7 Å². The number of aliphatic hydroxyl groups is 1. The van der Waals surface area contributed by atoms with E-state index < -0.39 is 0 Å². The molecule has 1 aliphatic heterocycles. The average Bonchev–Trinajstić information content (AvgIpc) is 2.50. The van der Waals surface area contributed by atoms with Gasteiger partial charge in [0.15, 0.2) is 0 Å². The number of carbonyl (C=O) groups excluding carboxylic acids is 1. The zero-order valence-electron chi connectivity index (χ0n) is 12.2. The van der Waals surface area contributed by atoms with Crippen molar-refractivity contribution in [3.05, 3.63) is 22.8 Å². The number of anilines is 1. The first-order valence-electron chi connectivity index (χ1n) is 7.17. The minimum atomic E-state index is -0.0646. The fourth-order valence-corrected chi connectivity index (χ4v) is 2.55. The number of nitrogens with one attached hydrogen (secondary N) is 1. The second-order valence-corrected chi connectivity index (χ2v) is 5.34. The van der Waals surface area contributed by atoms with Crippen molar-refractivity contribution in [2.45, 2.75) is 6.92 Å². The van der Waals surface area contributed by atoms with E-state index in [9.17, 15) is 4.79 Å². The van der Waals surface area contributed by atoms with Gasteiger partial charge in [0, 0.05) is 45.5 Å². The number of pyridine rings is 1. The summed E-state index contributed by atoms with van der Waals surface area (Å²) >= 11 is 6.11. The second-order valence-electron chi connectivity index (χ2n) is 4.94. The molecule has 0 saturated carbocycles. The Labute approximate surface area is 129 Å². The van der Waals surface area contributed by atoms with Gasteiger partial charge in [-0.3, -0.25) is 9.69 Å². The number of halogens is 1. The smallest absolute Gasteiger partial charge is 0.255 e. The number of aromatic nitrogens is 1. The molecule has 0 radical (unpaired) electrons. The van der Waals surface area contributed by atoms with Gasteiger partial charge in [-0.2, -0.15) is 0 Å². The van der Waals surface area contributed by atoms with Gasteiger partial charge in [-0.05, 0) is 13.0 Å². The number of piperazine rings is 1. The van der Waals surface area contributed by atoms with Crippen molar-refractivity contribution < 1.29 is 9.90 Å². The normalized spacial score (nSPS) is 16.0. The van der Waals surface area contributed by atoms with Crippen molar-refractivity contribution in [2.75, 3.05) is 51.2 Å². The van der Waals surface area contributed by atoms with Crippen LogP contribution in [-0.2, 0) is 0 Å². The fraction of sp³-hybridized carbons (Fsp3) is 0.571. The molecule has 0 unspecified atom stereocenters. The van der Waals surface area contributed by atoms with Crippen LogP contribution in [0, 0.1) is 0 Å². The number of aliphatic hydroxyl groups excluding tert-OH is 1. The lowest BCUT2D eigenvalue weighted by molar-refractivity contribution is 0.0615. The molecule has 1 amide bonds. The Bertz CT molecular complexity index is 490. The van der Waals surface area contributed by atoms with Gasteiger partial charge in [-0.25, -0.2) is 4.98 Å². The third kappa shape index (κ3) is 4.06. The fourth-order valence-electron chi connectivity index (χ4n) is 2.37. The van der Waals surface area contributed by atoms with Crippen LogP contribution < -0.4 is 5.32 Å². The number of rotatable bonds is 5. The van der Waals surface area contributed by atoms with E-state index in [0.717, 1.165) is 19.6 Å². The topological polar surface area (TPSA) is 68.7 Å². The maximum absolute atomic E-state index is 12.6. The number of amides is 1. The molecular formula is C14H21ClN4O2. The zero-order chi connectivity index (χ0) is 15.2. The molecule has 1 aliphatic rings. The van der Waals surface area contributed by atoms with Crippen molar-refractivity contribution in [1.82, 2.24) is 14.8 Å². The SMILES string of the molecule is CCNc1cc(C(=O)N2CCN(CCO)CC2)c(Cl)cn1. The van der Waals surface area contributed by atoms with Gasteiger partial charge >= 0.3 is 0 Å². The number of carbonyl (C=O) groups is 1. The molecule has 6 nitrogen and oxygen atoms in total. The van der Waals surface area contributed by atoms with Crippen LogP contribution in [0.1, 0.15) is 17.3 Å². The lowest BCUT2D eigenvalue weighted by Crippen LogP contribution is -2.49. The molecule has 0 aromatic carbocycles. The molecule has 116 valence electrons. The monoisotopic (exact) mass is 312 g/mol. The number of hydrogen-bond donors (Lipinski definition) is 2. The Hall–Kier alpha value is -1.37. The molecule has 1 saturated heterocycles. The van der Waals surface area contributed by atoms with Crippen LogP contribution in [0.25, 0.3) is 0 Å². The Balaban J connectivity index is 2.05. The predicted octanol–water partition coefficient (Wildman–Crippen LogP) is 0.917. The van der Waals surface area contributed by atoms with Crippen LogP contribution in [0.3, 0.4) is 0 Å². The minimum absolute atomic E-state index is 0.0646. The first kappa shape index (κ1) is 16.0. The van der Waals surface area contributed by atoms with E-state index in [0.29, 0.717) is 36.0 Å². The van der Waals surface area contributed by atoms with Gasteiger partial charge in [-0.15, -0.1) is 0 Å². The van der Waals surface area contributed by atoms with E-state index in [-0.39, 0.29) is 12.5 Å². The zero-order valence-corrected chi connectivity index (χ0v) is 12.9. The lowest BCUT2D eigenvalue weighted by Gasteiger charge is -2.34. The van der Waals surface area contributed by atoms with Crippen LogP contribution in [0.2, 0.25) is 5.02 Å². The Morgan fingerprint density at radius 2 is 2.14 bits per heavy atom. The quantitative estimate of drug-likeness (QED) is 0.846. The van der Waals surface area contributed by atoms with Crippen molar-refractivity contribution >= 4 is 23.3 Å². The maximum Gasteiger partial charge on any atom is 0.255 e. The summed E-state index contributed by atoms with van der Waals surface area (Å²) in [6, 6.07) is 1.70. The first-order chi connectivity index (χ1) is 10.2. The summed E-state index contributed by atoms with van der Waals surface area (Å²) in [6.45, 7) is 6.35. The molecule has 1 aromatic heterocycles. The molecule has 1 fully saturated rings. The van der Waals surface area contributed by atoms with Gasteiger partial charge in [-0.1, -0.05) is 11.6 Å². The first-order valence-corrected chi connectivity index (χ1v) is 7.55. The highest BCUT2D eigenvalue weighted by atomic mass is 35.5. The van der Waals surface area contributed by atoms with Gasteiger partial charge in [0.2, 0.25) is 0 Å². The summed E-state index contributed by atoms with van der Waals surface area (Å²) in [7, 11) is 0. The van der Waals surface area contributed by atoms with Crippen LogP contribution in [0.15, 0.2) is 12.3 Å². The van der Waals surface area contributed by atoms with E-state index in [1.165, 1.54) is 6.20 Å². The Morgan fingerprint density at radius 1 is 1.43 bits per heavy atom. The van der Waals surface area contributed by atoms with Crippen LogP contribution in [0.4, 0.5) is 5.82 Å². The van der Waals surface area contributed by atoms with Crippen LogP contribution >= 0.6 is 11.6 Å². The summed E-state index contributed by atoms with van der Waals surface area (Å²) in [4.78, 5) is 20.6. The number of β-amino-alcohol motifs (C(OH)–C–C–N with tert-alkyl or cyclic N) is 1. The van der Waals surface area contributed by atoms with Crippen molar-refractivity contribution in [1.29, 1.82) is 0 Å². The molecule has 2 N–H and O–H groups in total. The van der Waals surface area contributed by atoms with Gasteiger partial charge in [0.1, 0.15) is 5.82 Å². The van der Waals surface area contributed by atoms with Gasteiger partial charge in [0.25, 0.3) is 5.91 Å². The highest BCUT2D eigenvalue weighted by Gasteiger charge is 2.23. The highest BCUT2D eigenvalue weighted by molar-refractivity contribution is 6.33. The van der Waals surface area contributed by atoms with Crippen LogP contribution in [0.5, 0.6) is 0 Å². The van der Waals surface area contributed by atoms with E-state index >= 15 is 0 Å². The largest absolute Gasteiger partial charge is 0.395 e. The van der Waals surface area contributed by atoms with Crippen molar-refractivity contribution in [3.8, 4) is 0 Å². The molecule has 7 heteroatoms. The third-order valence-corrected chi connectivity index (χ3v) is 3.82. The molecule has 0 atom stereocenters. The van der Waals surface area contributed by atoms with E-state index in [2.05, 4.69) is 15.2 Å². The molecule has 0 spiro atoms. The number of nitrogens with zero attached hydrogens (tertiary/aromatic N) is 3. The summed E-state index contributed by atoms with van der Waals surface area (Å²) < 4.78 is 0. The Kier molecular flexibility index (Phi) is 5.78. The molecule has 2 rings (SSSR count). The molecule has 2 heterocycles. The van der Waals surface area contributed by atoms with E-state index in [1.807, 2.05) is 6.92 Å². The van der Waals surface area contributed by atoms with E-state index in [1.54, 1.807) is 11.0 Å². The molecular weight excluding hydrogens is 292 g/mol. The maximum atomic E-state index is 12.6. The van der Waals surface area contributed by atoms with Crippen LogP contribution in [-0.4, -0.2) is 71.7 Å². The molecule has 0 bridgehead atoms. The highest BCUT2D eigenvalue weighted by Crippen LogP contribution is 2.20. The summed E-state index contributed by atoms with van der Waals surface area (Å²) in [5, 5.41) is 12.4. The summed E-state index contributed by atoms with van der Waals surface area (Å²) in [5.41, 5.74) is 0.484. The Morgan fingerprint density at radius 3 is 2.76 bits per heavy atom. The standard InChI is InChI=1S/C14H21ClN4O2/c1-2-16-13-9-11(12(15)10-17-13)14(21)19-5-3-18(4-6-19)7-8-20/h9-10,20H,2-8H2,1H3,(H,16,17). The summed E-state index contributed by atoms with van der Waals surface area (Å²) in [6.07, 6.45) is 1.51. The van der Waals surface area contributed by atoms with Gasteiger partial charge in [0.05, 0.1) is 17.2 Å². The lowest BCUT2D eigenvalue weighted by atomic mass is 10.2. The summed E-state index contributed by atoms with van der Waals surface area (Å²) in [5.74, 6) is 0.592. The van der Waals surface area contributed by atoms with Crippen molar-refractivity contribution in [3.63, 3.8) is 0 Å². The number of hydrogen-bond acceptors (Lipinski definition) is 5. The predicted molar refractivity (Wildman–Crippen MR) is 82.8 cm³/mol. The second kappa shape index (κ2) is 7.59. The molecule has 1 aromatic rings. The van der Waals surface area contributed by atoms with Gasteiger partial charge < -0.3 is 15.3 Å². The third-order valence-electron chi connectivity index (χ3n) is 3.52. The van der Waals surface area contributed by atoms with Crippen molar-refractivity contribution in [2.24, 2.45) is 0 Å². The average molecular weight is 313 g/mol.